The summed E-state index contributed by atoms with van der Waals surface area (Å²) in [7, 11) is -7.22. The first-order chi connectivity index (χ1) is 14.5. The van der Waals surface area contributed by atoms with Crippen molar-refractivity contribution in [1.82, 2.24) is 9.62 Å². The monoisotopic (exact) mass is 485 g/mol. The Morgan fingerprint density at radius 1 is 1.10 bits per heavy atom. The number of hydrogen-bond donors (Lipinski definition) is 2. The fraction of sp³-hybridized carbons (Fsp3) is 0.350. The van der Waals surface area contributed by atoms with Crippen molar-refractivity contribution in [3.05, 3.63) is 59.1 Å². The van der Waals surface area contributed by atoms with Crippen LogP contribution < -0.4 is 9.44 Å². The quantitative estimate of drug-likeness (QED) is 0.625. The van der Waals surface area contributed by atoms with Crippen LogP contribution in [0.4, 0.5) is 5.69 Å². The van der Waals surface area contributed by atoms with E-state index < -0.39 is 20.0 Å². The molecule has 8 nitrogen and oxygen atoms in total. The summed E-state index contributed by atoms with van der Waals surface area (Å²) in [5.41, 5.74) is 0.413. The van der Waals surface area contributed by atoms with Crippen LogP contribution in [0, 0.1) is 5.92 Å². The van der Waals surface area contributed by atoms with Crippen molar-refractivity contribution in [1.29, 1.82) is 0 Å². The van der Waals surface area contributed by atoms with E-state index in [0.717, 1.165) is 19.1 Å². The number of nitrogens with zero attached hydrogens (tertiary/aromatic N) is 1. The van der Waals surface area contributed by atoms with Crippen LogP contribution in [-0.2, 0) is 20.0 Å². The van der Waals surface area contributed by atoms with E-state index in [1.54, 1.807) is 23.1 Å². The van der Waals surface area contributed by atoms with Crippen molar-refractivity contribution in [2.24, 2.45) is 5.92 Å². The largest absolute Gasteiger partial charge is 0.338 e. The summed E-state index contributed by atoms with van der Waals surface area (Å²) in [6.45, 7) is 1.17. The standard InChI is InChI=1S/C20H24ClN3O5S2/c1-30(26,27)22-13-15-5-4-12-24(14-15)20(25)18-6-2-3-7-19(18)23-31(28,29)17-10-8-16(21)9-11-17/h2-3,6-11,15,22-23H,4-5,12-14H2,1H3. The molecule has 1 unspecified atom stereocenters. The Bertz CT molecular complexity index is 1150. The molecule has 0 spiro atoms. The molecule has 2 aromatic carbocycles. The molecule has 0 radical (unpaired) electrons. The van der Waals surface area contributed by atoms with Gasteiger partial charge >= 0.3 is 0 Å². The van der Waals surface area contributed by atoms with Crippen LogP contribution in [0.25, 0.3) is 0 Å². The van der Waals surface area contributed by atoms with Crippen LogP contribution in [0.5, 0.6) is 0 Å². The van der Waals surface area contributed by atoms with E-state index in [9.17, 15) is 21.6 Å². The van der Waals surface area contributed by atoms with Crippen molar-refractivity contribution in [3.8, 4) is 0 Å². The molecule has 1 aliphatic heterocycles. The maximum atomic E-state index is 13.2. The van der Waals surface area contributed by atoms with Gasteiger partial charge in [-0.2, -0.15) is 0 Å². The zero-order chi connectivity index (χ0) is 22.6. The van der Waals surface area contributed by atoms with Gasteiger partial charge in [-0.25, -0.2) is 21.6 Å². The smallest absolute Gasteiger partial charge is 0.261 e. The molecule has 11 heteroatoms. The first kappa shape index (κ1) is 23.5. The molecule has 1 amide bonds. The molecule has 1 saturated heterocycles. The number of carbonyl (C=O) groups excluding carboxylic acids is 1. The van der Waals surface area contributed by atoms with Crippen molar-refractivity contribution in [2.75, 3.05) is 30.6 Å². The lowest BCUT2D eigenvalue weighted by Crippen LogP contribution is -2.43. The van der Waals surface area contributed by atoms with Crippen molar-refractivity contribution >= 4 is 43.2 Å². The van der Waals surface area contributed by atoms with Gasteiger partial charge in [0.05, 0.1) is 22.4 Å². The lowest BCUT2D eigenvalue weighted by molar-refractivity contribution is 0.0677. The number of rotatable bonds is 7. The van der Waals surface area contributed by atoms with Gasteiger partial charge in [0.2, 0.25) is 10.0 Å². The van der Waals surface area contributed by atoms with Crippen LogP contribution >= 0.6 is 11.6 Å². The van der Waals surface area contributed by atoms with Gasteiger partial charge in [0.1, 0.15) is 0 Å². The fourth-order valence-electron chi connectivity index (χ4n) is 3.43. The highest BCUT2D eigenvalue weighted by molar-refractivity contribution is 7.92. The molecule has 2 N–H and O–H groups in total. The van der Waals surface area contributed by atoms with Crippen LogP contribution in [0.1, 0.15) is 23.2 Å². The first-order valence-corrected chi connectivity index (χ1v) is 13.4. The van der Waals surface area contributed by atoms with Gasteiger partial charge in [0.15, 0.2) is 0 Å². The van der Waals surface area contributed by atoms with Crippen molar-refractivity contribution < 1.29 is 21.6 Å². The molecule has 0 aliphatic carbocycles. The lowest BCUT2D eigenvalue weighted by Gasteiger charge is -2.33. The Kier molecular flexibility index (Phi) is 7.25. The fourth-order valence-corrected chi connectivity index (χ4v) is 5.18. The van der Waals surface area contributed by atoms with Crippen molar-refractivity contribution in [2.45, 2.75) is 17.7 Å². The van der Waals surface area contributed by atoms with E-state index in [1.165, 1.54) is 30.3 Å². The SMILES string of the molecule is CS(=O)(=O)NCC1CCCN(C(=O)c2ccccc2NS(=O)(=O)c2ccc(Cl)cc2)C1. The Balaban J connectivity index is 1.77. The van der Waals surface area contributed by atoms with Gasteiger partial charge in [0.25, 0.3) is 15.9 Å². The molecule has 3 rings (SSSR count). The van der Waals surface area contributed by atoms with Crippen LogP contribution in [-0.4, -0.2) is 53.5 Å². The number of carbonyl (C=O) groups is 1. The summed E-state index contributed by atoms with van der Waals surface area (Å²) in [6.07, 6.45) is 2.64. The van der Waals surface area contributed by atoms with E-state index >= 15 is 0 Å². The second-order valence-corrected chi connectivity index (χ2v) is 11.4. The average Bonchev–Trinajstić information content (AvgIpc) is 2.72. The van der Waals surface area contributed by atoms with Crippen molar-refractivity contribution in [3.63, 3.8) is 0 Å². The predicted octanol–water partition coefficient (Wildman–Crippen LogP) is 2.54. The van der Waals surface area contributed by atoms with E-state index in [2.05, 4.69) is 9.44 Å². The molecule has 0 saturated carbocycles. The molecule has 0 aromatic heterocycles. The number of anilines is 1. The molecule has 1 heterocycles. The Labute approximate surface area is 187 Å². The highest BCUT2D eigenvalue weighted by Crippen LogP contribution is 2.25. The number of hydrogen-bond acceptors (Lipinski definition) is 5. The summed E-state index contributed by atoms with van der Waals surface area (Å²) in [4.78, 5) is 14.8. The maximum absolute atomic E-state index is 13.2. The molecule has 1 fully saturated rings. The third kappa shape index (κ3) is 6.42. The third-order valence-electron chi connectivity index (χ3n) is 4.97. The molecule has 31 heavy (non-hydrogen) atoms. The summed E-state index contributed by atoms with van der Waals surface area (Å²) in [5, 5.41) is 0.416. The number of likely N-dealkylation sites (tertiary alicyclic amines) is 1. The number of benzene rings is 2. The maximum Gasteiger partial charge on any atom is 0.261 e. The minimum Gasteiger partial charge on any atom is -0.338 e. The van der Waals surface area contributed by atoms with Gasteiger partial charge in [-0.15, -0.1) is 0 Å². The minimum atomic E-state index is -3.91. The number of sulfonamides is 2. The summed E-state index contributed by atoms with van der Waals surface area (Å²) in [6, 6.07) is 12.1. The average molecular weight is 486 g/mol. The zero-order valence-corrected chi connectivity index (χ0v) is 19.3. The van der Waals surface area contributed by atoms with Gasteiger partial charge in [0, 0.05) is 24.7 Å². The summed E-state index contributed by atoms with van der Waals surface area (Å²) in [5.74, 6) is -0.316. The second-order valence-electron chi connectivity index (χ2n) is 7.49. The third-order valence-corrected chi connectivity index (χ3v) is 7.29. The first-order valence-electron chi connectivity index (χ1n) is 9.66. The number of amides is 1. The normalized spacial score (nSPS) is 17.4. The van der Waals surface area contributed by atoms with Crippen LogP contribution in [0.15, 0.2) is 53.4 Å². The van der Waals surface area contributed by atoms with E-state index in [1.807, 2.05) is 0 Å². The number of nitrogens with one attached hydrogen (secondary N) is 2. The van der Waals surface area contributed by atoms with E-state index in [0.29, 0.717) is 18.1 Å². The second kappa shape index (κ2) is 9.56. The summed E-state index contributed by atoms with van der Waals surface area (Å²) < 4.78 is 53.2. The zero-order valence-electron chi connectivity index (χ0n) is 16.9. The number of piperidine rings is 1. The lowest BCUT2D eigenvalue weighted by atomic mass is 9.97. The Morgan fingerprint density at radius 2 is 1.77 bits per heavy atom. The minimum absolute atomic E-state index is 0.00894. The van der Waals surface area contributed by atoms with Crippen LogP contribution in [0.2, 0.25) is 5.02 Å². The molecule has 168 valence electrons. The molecule has 2 aromatic rings. The van der Waals surface area contributed by atoms with Gasteiger partial charge in [-0.05, 0) is 55.2 Å². The number of para-hydroxylation sites is 1. The molecular weight excluding hydrogens is 462 g/mol. The van der Waals surface area contributed by atoms with E-state index in [-0.39, 0.29) is 34.5 Å². The topological polar surface area (TPSA) is 113 Å². The van der Waals surface area contributed by atoms with E-state index in [4.69, 9.17) is 11.6 Å². The van der Waals surface area contributed by atoms with Gasteiger partial charge < -0.3 is 4.90 Å². The molecular formula is C20H24ClN3O5S2. The molecule has 0 bridgehead atoms. The highest BCUT2D eigenvalue weighted by atomic mass is 35.5. The molecule has 1 atom stereocenters. The highest BCUT2D eigenvalue weighted by Gasteiger charge is 2.27. The van der Waals surface area contributed by atoms with Crippen LogP contribution in [0.3, 0.4) is 0 Å². The Hall–Kier alpha value is -2.14. The predicted molar refractivity (Wildman–Crippen MR) is 120 cm³/mol. The van der Waals surface area contributed by atoms with Gasteiger partial charge in [-0.1, -0.05) is 23.7 Å². The molecule has 1 aliphatic rings. The summed E-state index contributed by atoms with van der Waals surface area (Å²) >= 11 is 5.83. The number of halogens is 1. The Morgan fingerprint density at radius 3 is 2.45 bits per heavy atom. The van der Waals surface area contributed by atoms with Gasteiger partial charge in [-0.3, -0.25) is 9.52 Å².